The molecule has 18 heavy (non-hydrogen) atoms. The largest absolute Gasteiger partial charge is 0.191 e. The van der Waals surface area contributed by atoms with E-state index < -0.39 is 0 Å². The van der Waals surface area contributed by atoms with Gasteiger partial charge in [0.25, 0.3) is 0 Å². The van der Waals surface area contributed by atoms with Gasteiger partial charge in [0, 0.05) is 16.5 Å². The van der Waals surface area contributed by atoms with Gasteiger partial charge in [-0.05, 0) is 37.3 Å². The van der Waals surface area contributed by atoms with Gasteiger partial charge >= 0.3 is 0 Å². The Kier molecular flexibility index (Phi) is 2.60. The van der Waals surface area contributed by atoms with Gasteiger partial charge in [-0.2, -0.15) is 21.0 Å². The molecule has 3 aromatic heterocycles. The SMILES string of the molecule is Cc1cscc1-c1nnc2c(C)c(C)c(Cl)nn12. The van der Waals surface area contributed by atoms with E-state index in [-0.39, 0.29) is 0 Å². The lowest BCUT2D eigenvalue weighted by molar-refractivity contribution is 0.919. The van der Waals surface area contributed by atoms with Gasteiger partial charge in [0.15, 0.2) is 16.6 Å². The Balaban J connectivity index is 2.37. The third-order valence-electron chi connectivity index (χ3n) is 3.13. The summed E-state index contributed by atoms with van der Waals surface area (Å²) in [6.07, 6.45) is 0. The van der Waals surface area contributed by atoms with E-state index in [9.17, 15) is 0 Å². The number of halogens is 1. The molecule has 0 bridgehead atoms. The molecule has 0 aromatic carbocycles. The summed E-state index contributed by atoms with van der Waals surface area (Å²) in [5.41, 5.74) is 4.95. The zero-order valence-corrected chi connectivity index (χ0v) is 11.8. The summed E-state index contributed by atoms with van der Waals surface area (Å²) >= 11 is 7.78. The Labute approximate surface area is 113 Å². The average molecular weight is 279 g/mol. The predicted octanol–water partition coefficient (Wildman–Crippen LogP) is 3.43. The van der Waals surface area contributed by atoms with Gasteiger partial charge in [-0.25, -0.2) is 0 Å². The number of nitrogens with zero attached hydrogens (tertiary/aromatic N) is 4. The minimum absolute atomic E-state index is 0.494. The Morgan fingerprint density at radius 1 is 1.11 bits per heavy atom. The number of hydrogen-bond donors (Lipinski definition) is 0. The molecule has 0 aliphatic carbocycles. The molecule has 0 fully saturated rings. The molecule has 0 unspecified atom stereocenters. The van der Waals surface area contributed by atoms with Crippen molar-refractivity contribution in [1.82, 2.24) is 19.8 Å². The van der Waals surface area contributed by atoms with E-state index in [1.54, 1.807) is 15.9 Å². The molecule has 6 heteroatoms. The average Bonchev–Trinajstić information content (AvgIpc) is 2.92. The summed E-state index contributed by atoms with van der Waals surface area (Å²) in [5, 5.41) is 17.4. The fourth-order valence-electron chi connectivity index (χ4n) is 1.85. The van der Waals surface area contributed by atoms with Gasteiger partial charge in [0.1, 0.15) is 0 Å². The van der Waals surface area contributed by atoms with Crippen molar-refractivity contribution in [2.75, 3.05) is 0 Å². The normalized spacial score (nSPS) is 11.3. The first-order valence-electron chi connectivity index (χ1n) is 5.51. The number of aromatic nitrogens is 4. The molecule has 92 valence electrons. The molecule has 0 saturated carbocycles. The van der Waals surface area contributed by atoms with E-state index in [1.165, 1.54) is 5.56 Å². The van der Waals surface area contributed by atoms with Crippen LogP contribution in [0, 0.1) is 20.8 Å². The molecular weight excluding hydrogens is 268 g/mol. The maximum Gasteiger partial charge on any atom is 0.186 e. The summed E-state index contributed by atoms with van der Waals surface area (Å²) in [6, 6.07) is 0. The minimum Gasteiger partial charge on any atom is -0.191 e. The molecule has 0 aliphatic rings. The minimum atomic E-state index is 0.494. The second kappa shape index (κ2) is 4.03. The number of aryl methyl sites for hydroxylation is 2. The summed E-state index contributed by atoms with van der Waals surface area (Å²) in [7, 11) is 0. The molecule has 3 aromatic rings. The van der Waals surface area contributed by atoms with Crippen LogP contribution in [-0.4, -0.2) is 19.8 Å². The summed E-state index contributed by atoms with van der Waals surface area (Å²) < 4.78 is 1.72. The second-order valence-corrected chi connectivity index (χ2v) is 5.37. The van der Waals surface area contributed by atoms with Crippen LogP contribution >= 0.6 is 22.9 Å². The van der Waals surface area contributed by atoms with E-state index in [1.807, 2.05) is 13.8 Å². The fourth-order valence-corrected chi connectivity index (χ4v) is 2.89. The van der Waals surface area contributed by atoms with Crippen molar-refractivity contribution < 1.29 is 0 Å². The summed E-state index contributed by atoms with van der Waals surface area (Å²) in [5.74, 6) is 0.744. The van der Waals surface area contributed by atoms with Crippen molar-refractivity contribution in [1.29, 1.82) is 0 Å². The molecule has 3 heterocycles. The topological polar surface area (TPSA) is 43.1 Å². The van der Waals surface area contributed by atoms with Gasteiger partial charge in [0.2, 0.25) is 0 Å². The van der Waals surface area contributed by atoms with Crippen molar-refractivity contribution >= 4 is 28.6 Å². The van der Waals surface area contributed by atoms with E-state index in [0.717, 1.165) is 28.2 Å². The molecular formula is C12H11ClN4S. The predicted molar refractivity (Wildman–Crippen MR) is 73.3 cm³/mol. The van der Waals surface area contributed by atoms with Crippen LogP contribution in [0.2, 0.25) is 5.15 Å². The van der Waals surface area contributed by atoms with E-state index in [4.69, 9.17) is 11.6 Å². The highest BCUT2D eigenvalue weighted by Crippen LogP contribution is 2.27. The van der Waals surface area contributed by atoms with Crippen LogP contribution in [0.1, 0.15) is 16.7 Å². The first-order chi connectivity index (χ1) is 8.59. The standard InChI is InChI=1S/C12H11ClN4S/c1-6-4-18-5-9(6)12-15-14-11-8(3)7(2)10(13)16-17(11)12/h4-5H,1-3H3. The maximum absolute atomic E-state index is 6.14. The highest BCUT2D eigenvalue weighted by Gasteiger charge is 2.16. The lowest BCUT2D eigenvalue weighted by Crippen LogP contribution is -2.00. The smallest absolute Gasteiger partial charge is 0.186 e. The molecule has 0 aliphatic heterocycles. The lowest BCUT2D eigenvalue weighted by Gasteiger charge is -2.04. The quantitative estimate of drug-likeness (QED) is 0.685. The Hall–Kier alpha value is -1.46. The number of hydrogen-bond acceptors (Lipinski definition) is 4. The third-order valence-corrected chi connectivity index (χ3v) is 4.35. The highest BCUT2D eigenvalue weighted by atomic mass is 35.5. The first kappa shape index (κ1) is 11.6. The Morgan fingerprint density at radius 3 is 2.56 bits per heavy atom. The van der Waals surface area contributed by atoms with Crippen molar-refractivity contribution in [3.05, 3.63) is 32.6 Å². The highest BCUT2D eigenvalue weighted by molar-refractivity contribution is 7.08. The van der Waals surface area contributed by atoms with Crippen LogP contribution in [-0.2, 0) is 0 Å². The van der Waals surface area contributed by atoms with Gasteiger partial charge in [0.05, 0.1) is 0 Å². The van der Waals surface area contributed by atoms with Gasteiger partial charge in [-0.15, -0.1) is 10.2 Å². The van der Waals surface area contributed by atoms with Crippen LogP contribution in [0.15, 0.2) is 10.8 Å². The Morgan fingerprint density at radius 2 is 1.89 bits per heavy atom. The van der Waals surface area contributed by atoms with Gasteiger partial charge in [-0.3, -0.25) is 0 Å². The molecule has 3 rings (SSSR count). The van der Waals surface area contributed by atoms with Crippen LogP contribution in [0.3, 0.4) is 0 Å². The van der Waals surface area contributed by atoms with E-state index in [2.05, 4.69) is 33.0 Å². The second-order valence-electron chi connectivity index (χ2n) is 4.27. The van der Waals surface area contributed by atoms with Crippen molar-refractivity contribution in [2.24, 2.45) is 0 Å². The molecule has 0 atom stereocenters. The van der Waals surface area contributed by atoms with Crippen molar-refractivity contribution in [3.63, 3.8) is 0 Å². The van der Waals surface area contributed by atoms with E-state index in [0.29, 0.717) is 5.15 Å². The molecule has 0 spiro atoms. The number of thiophene rings is 1. The van der Waals surface area contributed by atoms with Crippen molar-refractivity contribution in [2.45, 2.75) is 20.8 Å². The molecule has 0 N–H and O–H groups in total. The van der Waals surface area contributed by atoms with Gasteiger partial charge < -0.3 is 0 Å². The zero-order chi connectivity index (χ0) is 12.9. The molecule has 0 saturated heterocycles. The van der Waals surface area contributed by atoms with Crippen molar-refractivity contribution in [3.8, 4) is 11.4 Å². The zero-order valence-electron chi connectivity index (χ0n) is 10.2. The first-order valence-corrected chi connectivity index (χ1v) is 6.83. The molecule has 0 amide bonds. The van der Waals surface area contributed by atoms with Crippen LogP contribution in [0.4, 0.5) is 0 Å². The number of rotatable bonds is 1. The van der Waals surface area contributed by atoms with E-state index >= 15 is 0 Å². The van der Waals surface area contributed by atoms with Crippen LogP contribution in [0.5, 0.6) is 0 Å². The Bertz CT molecular complexity index is 744. The van der Waals surface area contributed by atoms with Crippen LogP contribution < -0.4 is 0 Å². The summed E-state index contributed by atoms with van der Waals surface area (Å²) in [6.45, 7) is 5.97. The lowest BCUT2D eigenvalue weighted by atomic mass is 10.2. The molecule has 0 radical (unpaired) electrons. The van der Waals surface area contributed by atoms with Crippen LogP contribution in [0.25, 0.3) is 17.0 Å². The van der Waals surface area contributed by atoms with Gasteiger partial charge in [-0.1, -0.05) is 11.6 Å². The monoisotopic (exact) mass is 278 g/mol. The third kappa shape index (κ3) is 1.54. The number of fused-ring (bicyclic) bond motifs is 1. The fraction of sp³-hybridized carbons (Fsp3) is 0.250. The maximum atomic E-state index is 6.14. The molecule has 4 nitrogen and oxygen atoms in total. The summed E-state index contributed by atoms with van der Waals surface area (Å²) in [4.78, 5) is 0.